The Morgan fingerprint density at radius 1 is 1.25 bits per heavy atom. The molecule has 0 fully saturated rings. The smallest absolute Gasteiger partial charge is 0.246 e. The summed E-state index contributed by atoms with van der Waals surface area (Å²) in [5, 5.41) is 7.98. The zero-order valence-electron chi connectivity index (χ0n) is 11.1. The summed E-state index contributed by atoms with van der Waals surface area (Å²) in [5.74, 6) is -0.0767. The van der Waals surface area contributed by atoms with Crippen molar-refractivity contribution < 1.29 is 4.79 Å². The molecule has 20 heavy (non-hydrogen) atoms. The highest BCUT2D eigenvalue weighted by Gasteiger charge is 2.14. The number of nitrogens with one attached hydrogen (secondary N) is 1. The molecule has 2 aromatic rings. The summed E-state index contributed by atoms with van der Waals surface area (Å²) in [6.45, 7) is 0.246. The van der Waals surface area contributed by atoms with Crippen molar-refractivity contribution in [2.45, 2.75) is 32.2 Å². The van der Waals surface area contributed by atoms with Crippen molar-refractivity contribution in [2.24, 2.45) is 0 Å². The molecule has 1 N–H and O–H groups in total. The Morgan fingerprint density at radius 3 is 2.75 bits per heavy atom. The normalized spacial score (nSPS) is 13.8. The second kappa shape index (κ2) is 5.67. The van der Waals surface area contributed by atoms with Crippen molar-refractivity contribution in [3.8, 4) is 0 Å². The van der Waals surface area contributed by atoms with Crippen LogP contribution in [0.2, 0.25) is 5.02 Å². The van der Waals surface area contributed by atoms with Gasteiger partial charge in [-0.1, -0.05) is 11.6 Å². The summed E-state index contributed by atoms with van der Waals surface area (Å²) in [5.41, 5.74) is 3.18. The first kappa shape index (κ1) is 13.2. The molecular formula is C15H16ClN3O. The van der Waals surface area contributed by atoms with Gasteiger partial charge in [-0.15, -0.1) is 0 Å². The van der Waals surface area contributed by atoms with Crippen LogP contribution in [0.25, 0.3) is 0 Å². The number of hydrogen-bond donors (Lipinski definition) is 1. The van der Waals surface area contributed by atoms with Crippen LogP contribution in [0.4, 0.5) is 5.69 Å². The highest BCUT2D eigenvalue weighted by atomic mass is 35.5. The average Bonchev–Trinajstić information content (AvgIpc) is 2.83. The van der Waals surface area contributed by atoms with Crippen LogP contribution < -0.4 is 5.32 Å². The van der Waals surface area contributed by atoms with Gasteiger partial charge in [-0.05, 0) is 55.5 Å². The molecule has 0 saturated carbocycles. The molecule has 1 amide bonds. The quantitative estimate of drug-likeness (QED) is 0.944. The number of nitrogens with zero attached hydrogens (tertiary/aromatic N) is 2. The Hall–Kier alpha value is -1.81. The maximum absolute atomic E-state index is 12.0. The minimum atomic E-state index is -0.0767. The molecule has 0 spiro atoms. The molecule has 0 bridgehead atoms. The molecule has 5 heteroatoms. The maximum Gasteiger partial charge on any atom is 0.246 e. The fourth-order valence-electron chi connectivity index (χ4n) is 2.49. The lowest BCUT2D eigenvalue weighted by atomic mass is 9.99. The number of amides is 1. The number of fused-ring (bicyclic) bond motifs is 1. The van der Waals surface area contributed by atoms with Crippen molar-refractivity contribution in [3.63, 3.8) is 0 Å². The Bertz CT molecular complexity index is 595. The lowest BCUT2D eigenvalue weighted by molar-refractivity contribution is -0.116. The van der Waals surface area contributed by atoms with Crippen LogP contribution >= 0.6 is 11.6 Å². The Labute approximate surface area is 122 Å². The van der Waals surface area contributed by atoms with Crippen LogP contribution in [0.1, 0.15) is 24.1 Å². The fraction of sp³-hybridized carbons (Fsp3) is 0.333. The van der Waals surface area contributed by atoms with Crippen molar-refractivity contribution >= 4 is 23.2 Å². The summed E-state index contributed by atoms with van der Waals surface area (Å²) < 4.78 is 1.74. The number of rotatable bonds is 3. The van der Waals surface area contributed by atoms with Crippen molar-refractivity contribution in [3.05, 3.63) is 46.7 Å². The van der Waals surface area contributed by atoms with Crippen LogP contribution in [-0.4, -0.2) is 15.7 Å². The van der Waals surface area contributed by atoms with E-state index in [1.165, 1.54) is 18.4 Å². The van der Waals surface area contributed by atoms with Gasteiger partial charge in [0.15, 0.2) is 0 Å². The van der Waals surface area contributed by atoms with Gasteiger partial charge in [0.1, 0.15) is 6.54 Å². The van der Waals surface area contributed by atoms with E-state index < -0.39 is 0 Å². The standard InChI is InChI=1S/C15H16ClN3O/c16-12-5-7-13(8-6-12)17-15(20)10-19-9-11-3-1-2-4-14(11)18-19/h5-9H,1-4,10H2,(H,17,20). The summed E-state index contributed by atoms with van der Waals surface area (Å²) in [6, 6.07) is 7.08. The fourth-order valence-corrected chi connectivity index (χ4v) is 2.62. The molecule has 104 valence electrons. The predicted octanol–water partition coefficient (Wildman–Crippen LogP) is 3.05. The SMILES string of the molecule is O=C(Cn1cc2c(n1)CCCC2)Nc1ccc(Cl)cc1. The summed E-state index contributed by atoms with van der Waals surface area (Å²) in [4.78, 5) is 12.0. The average molecular weight is 290 g/mol. The second-order valence-electron chi connectivity index (χ2n) is 5.06. The van der Waals surface area contributed by atoms with Crippen LogP contribution in [-0.2, 0) is 24.2 Å². The first-order valence-corrected chi connectivity index (χ1v) is 7.19. The molecule has 1 heterocycles. The van der Waals surface area contributed by atoms with Gasteiger partial charge in [-0.2, -0.15) is 5.10 Å². The van der Waals surface area contributed by atoms with E-state index >= 15 is 0 Å². The number of halogens is 1. The molecule has 1 aromatic carbocycles. The van der Waals surface area contributed by atoms with Gasteiger partial charge in [0.2, 0.25) is 5.91 Å². The van der Waals surface area contributed by atoms with Crippen LogP contribution in [0, 0.1) is 0 Å². The first-order valence-electron chi connectivity index (χ1n) is 6.81. The molecular weight excluding hydrogens is 274 g/mol. The molecule has 0 saturated heterocycles. The third-order valence-corrected chi connectivity index (χ3v) is 3.72. The van der Waals surface area contributed by atoms with E-state index in [9.17, 15) is 4.79 Å². The molecule has 1 aliphatic rings. The molecule has 0 radical (unpaired) electrons. The number of hydrogen-bond acceptors (Lipinski definition) is 2. The Morgan fingerprint density at radius 2 is 2.00 bits per heavy atom. The van der Waals surface area contributed by atoms with Gasteiger partial charge in [-0.25, -0.2) is 0 Å². The Kier molecular flexibility index (Phi) is 3.74. The number of aromatic nitrogens is 2. The number of carbonyl (C=O) groups excluding carboxylic acids is 1. The molecule has 3 rings (SSSR count). The zero-order chi connectivity index (χ0) is 13.9. The van der Waals surface area contributed by atoms with Crippen molar-refractivity contribution in [2.75, 3.05) is 5.32 Å². The van der Waals surface area contributed by atoms with E-state index in [1.54, 1.807) is 28.9 Å². The number of aryl methyl sites for hydroxylation is 2. The number of carbonyl (C=O) groups is 1. The van der Waals surface area contributed by atoms with E-state index in [0.717, 1.165) is 24.2 Å². The van der Waals surface area contributed by atoms with Gasteiger partial charge in [0, 0.05) is 16.9 Å². The highest BCUT2D eigenvalue weighted by molar-refractivity contribution is 6.30. The molecule has 0 atom stereocenters. The van der Waals surface area contributed by atoms with Gasteiger partial charge < -0.3 is 5.32 Å². The van der Waals surface area contributed by atoms with Crippen molar-refractivity contribution in [1.82, 2.24) is 9.78 Å². The van der Waals surface area contributed by atoms with Gasteiger partial charge in [0.25, 0.3) is 0 Å². The summed E-state index contributed by atoms with van der Waals surface area (Å²) in [6.07, 6.45) is 6.52. The van der Waals surface area contributed by atoms with Crippen LogP contribution in [0.3, 0.4) is 0 Å². The first-order chi connectivity index (χ1) is 9.70. The molecule has 1 aliphatic carbocycles. The molecule has 0 unspecified atom stereocenters. The lowest BCUT2D eigenvalue weighted by Gasteiger charge is -2.06. The minimum absolute atomic E-state index is 0.0767. The minimum Gasteiger partial charge on any atom is -0.324 e. The third kappa shape index (κ3) is 3.02. The number of anilines is 1. The molecule has 0 aliphatic heterocycles. The Balaban J connectivity index is 1.63. The van der Waals surface area contributed by atoms with E-state index in [2.05, 4.69) is 10.4 Å². The summed E-state index contributed by atoms with van der Waals surface area (Å²) >= 11 is 5.81. The van der Waals surface area contributed by atoms with Gasteiger partial charge in [-0.3, -0.25) is 9.48 Å². The molecule has 1 aromatic heterocycles. The largest absolute Gasteiger partial charge is 0.324 e. The van der Waals surface area contributed by atoms with E-state index in [-0.39, 0.29) is 12.5 Å². The number of benzene rings is 1. The van der Waals surface area contributed by atoms with Gasteiger partial charge >= 0.3 is 0 Å². The maximum atomic E-state index is 12.0. The van der Waals surface area contributed by atoms with E-state index in [0.29, 0.717) is 5.02 Å². The highest BCUT2D eigenvalue weighted by Crippen LogP contribution is 2.19. The second-order valence-corrected chi connectivity index (χ2v) is 5.50. The lowest BCUT2D eigenvalue weighted by Crippen LogP contribution is -2.19. The monoisotopic (exact) mass is 289 g/mol. The van der Waals surface area contributed by atoms with Crippen LogP contribution in [0.15, 0.2) is 30.5 Å². The predicted molar refractivity (Wildman–Crippen MR) is 79.0 cm³/mol. The zero-order valence-corrected chi connectivity index (χ0v) is 11.9. The van der Waals surface area contributed by atoms with Crippen LogP contribution in [0.5, 0.6) is 0 Å². The van der Waals surface area contributed by atoms with E-state index in [4.69, 9.17) is 11.6 Å². The van der Waals surface area contributed by atoms with Crippen molar-refractivity contribution in [1.29, 1.82) is 0 Å². The van der Waals surface area contributed by atoms with Gasteiger partial charge in [0.05, 0.1) is 5.69 Å². The third-order valence-electron chi connectivity index (χ3n) is 3.47. The topological polar surface area (TPSA) is 46.9 Å². The summed E-state index contributed by atoms with van der Waals surface area (Å²) in [7, 11) is 0. The van der Waals surface area contributed by atoms with E-state index in [1.807, 2.05) is 6.20 Å². The molecule has 4 nitrogen and oxygen atoms in total.